The molecule has 0 aromatic heterocycles. The van der Waals surface area contributed by atoms with Gasteiger partial charge in [-0.2, -0.15) is 0 Å². The molecule has 1 atom stereocenters. The molecular weight excluding hydrogens is 450 g/mol. The molecule has 0 bridgehead atoms. The molecule has 3 amide bonds. The quantitative estimate of drug-likeness (QED) is 0.484. The first-order chi connectivity index (χ1) is 16.3. The van der Waals surface area contributed by atoms with Crippen molar-refractivity contribution in [3.63, 3.8) is 0 Å². The Morgan fingerprint density at radius 1 is 0.882 bits per heavy atom. The Morgan fingerprint density at radius 2 is 1.47 bits per heavy atom. The molecule has 3 aromatic rings. The third-order valence-electron chi connectivity index (χ3n) is 5.43. The minimum atomic E-state index is -4.09. The van der Waals surface area contributed by atoms with Gasteiger partial charge in [-0.3, -0.25) is 4.79 Å². The van der Waals surface area contributed by atoms with E-state index in [0.717, 1.165) is 5.56 Å². The molecule has 3 rings (SSSR count). The van der Waals surface area contributed by atoms with Crippen LogP contribution in [0.1, 0.15) is 24.5 Å². The Kier molecular flexibility index (Phi) is 8.43. The number of hydrogen-bond acceptors (Lipinski definition) is 4. The first-order valence-electron chi connectivity index (χ1n) is 11.1. The molecule has 0 unspecified atom stereocenters. The van der Waals surface area contributed by atoms with Crippen molar-refractivity contribution in [1.29, 1.82) is 0 Å². The Labute approximate surface area is 200 Å². The van der Waals surface area contributed by atoms with Crippen LogP contribution in [0.15, 0.2) is 89.8 Å². The number of carbonyl (C=O) groups excluding carboxylic acids is 2. The molecule has 2 N–H and O–H groups in total. The summed E-state index contributed by atoms with van der Waals surface area (Å²) in [7, 11) is -4.09. The van der Waals surface area contributed by atoms with Gasteiger partial charge in [-0.15, -0.1) is 0 Å². The minimum absolute atomic E-state index is 0.0109. The van der Waals surface area contributed by atoms with E-state index in [9.17, 15) is 18.0 Å². The monoisotopic (exact) mass is 479 g/mol. The van der Waals surface area contributed by atoms with Crippen LogP contribution < -0.4 is 14.9 Å². The van der Waals surface area contributed by atoms with Gasteiger partial charge in [0.25, 0.3) is 10.0 Å². The minimum Gasteiger partial charge on any atom is -0.325 e. The molecule has 8 heteroatoms. The highest BCUT2D eigenvalue weighted by Gasteiger charge is 2.28. The number of amides is 3. The summed E-state index contributed by atoms with van der Waals surface area (Å²) in [5.74, 6) is -0.312. The number of urea groups is 1. The van der Waals surface area contributed by atoms with E-state index in [-0.39, 0.29) is 10.8 Å². The van der Waals surface area contributed by atoms with Crippen molar-refractivity contribution in [2.45, 2.75) is 37.6 Å². The number of nitrogens with zero attached hydrogens (tertiary/aromatic N) is 1. The van der Waals surface area contributed by atoms with Gasteiger partial charge in [-0.1, -0.05) is 66.7 Å². The summed E-state index contributed by atoms with van der Waals surface area (Å²) in [5.41, 5.74) is 2.23. The standard InChI is InChI=1S/C26H29N3O4S/c1-3-29(22-15-8-5-9-16-22)25(30)23(19-18-21-13-6-4-7-14-21)27-26(31)28-34(32,33)24-17-11-10-12-20(24)2/h4-17,23H,3,18-19H2,1-2H3,(H2,27,28,31)/t23-/m0/s1. The van der Waals surface area contributed by atoms with Gasteiger partial charge < -0.3 is 10.2 Å². The molecule has 0 saturated heterocycles. The van der Waals surface area contributed by atoms with Crippen LogP contribution in [0, 0.1) is 6.92 Å². The molecule has 3 aromatic carbocycles. The fraction of sp³-hybridized carbons (Fsp3) is 0.231. The molecule has 7 nitrogen and oxygen atoms in total. The van der Waals surface area contributed by atoms with Crippen LogP contribution in [0.3, 0.4) is 0 Å². The molecule has 0 saturated carbocycles. The van der Waals surface area contributed by atoms with Crippen LogP contribution in [0.5, 0.6) is 0 Å². The number of carbonyl (C=O) groups is 2. The molecular formula is C26H29N3O4S. The van der Waals surface area contributed by atoms with Crippen LogP contribution in [-0.4, -0.2) is 32.9 Å². The van der Waals surface area contributed by atoms with Gasteiger partial charge in [0, 0.05) is 12.2 Å². The van der Waals surface area contributed by atoms with Crippen LogP contribution in [0.4, 0.5) is 10.5 Å². The molecule has 0 spiro atoms. The highest BCUT2D eigenvalue weighted by atomic mass is 32.2. The second-order valence-corrected chi connectivity index (χ2v) is 9.49. The molecule has 34 heavy (non-hydrogen) atoms. The Morgan fingerprint density at radius 3 is 2.09 bits per heavy atom. The van der Waals surface area contributed by atoms with Gasteiger partial charge in [-0.05, 0) is 56.0 Å². The predicted octanol–water partition coefficient (Wildman–Crippen LogP) is 4.04. The second-order valence-electron chi connectivity index (χ2n) is 7.84. The van der Waals surface area contributed by atoms with Crippen LogP contribution in [0.25, 0.3) is 0 Å². The topological polar surface area (TPSA) is 95.6 Å². The van der Waals surface area contributed by atoms with Gasteiger partial charge in [0.1, 0.15) is 6.04 Å². The van der Waals surface area contributed by atoms with E-state index in [1.54, 1.807) is 30.0 Å². The molecule has 0 aliphatic heterocycles. The van der Waals surface area contributed by atoms with E-state index in [0.29, 0.717) is 30.6 Å². The Bertz CT molecular complexity index is 1220. The summed E-state index contributed by atoms with van der Waals surface area (Å²) >= 11 is 0. The normalized spacial score (nSPS) is 11.9. The van der Waals surface area contributed by atoms with Crippen molar-refractivity contribution in [3.8, 4) is 0 Å². The molecule has 0 aliphatic rings. The largest absolute Gasteiger partial charge is 0.329 e. The molecule has 0 radical (unpaired) electrons. The first-order valence-corrected chi connectivity index (χ1v) is 12.6. The number of nitrogens with one attached hydrogen (secondary N) is 2. The van der Waals surface area contributed by atoms with Crippen LogP contribution in [-0.2, 0) is 21.2 Å². The van der Waals surface area contributed by atoms with Gasteiger partial charge in [0.05, 0.1) is 4.90 Å². The van der Waals surface area contributed by atoms with Gasteiger partial charge in [0.2, 0.25) is 5.91 Å². The van der Waals surface area contributed by atoms with Gasteiger partial charge in [0.15, 0.2) is 0 Å². The lowest BCUT2D eigenvalue weighted by Gasteiger charge is -2.27. The zero-order chi connectivity index (χ0) is 24.6. The average Bonchev–Trinajstić information content (AvgIpc) is 2.83. The van der Waals surface area contributed by atoms with E-state index in [4.69, 9.17) is 0 Å². The first kappa shape index (κ1) is 25.0. The molecule has 0 heterocycles. The van der Waals surface area contributed by atoms with Crippen molar-refractivity contribution in [2.24, 2.45) is 0 Å². The van der Waals surface area contributed by atoms with Crippen molar-refractivity contribution in [1.82, 2.24) is 10.0 Å². The number of benzene rings is 3. The zero-order valence-corrected chi connectivity index (χ0v) is 20.1. The van der Waals surface area contributed by atoms with Crippen LogP contribution >= 0.6 is 0 Å². The van der Waals surface area contributed by atoms with Gasteiger partial charge >= 0.3 is 6.03 Å². The van der Waals surface area contributed by atoms with Crippen molar-refractivity contribution in [2.75, 3.05) is 11.4 Å². The lowest BCUT2D eigenvalue weighted by molar-refractivity contribution is -0.120. The number of hydrogen-bond donors (Lipinski definition) is 2. The SMILES string of the molecule is CCN(C(=O)[C@H](CCc1ccccc1)NC(=O)NS(=O)(=O)c1ccccc1C)c1ccccc1. The predicted molar refractivity (Wildman–Crippen MR) is 133 cm³/mol. The lowest BCUT2D eigenvalue weighted by atomic mass is 10.0. The number of rotatable bonds is 9. The van der Waals surface area contributed by atoms with E-state index in [1.807, 2.05) is 72.3 Å². The third-order valence-corrected chi connectivity index (χ3v) is 6.92. The summed E-state index contributed by atoms with van der Waals surface area (Å²) in [6.45, 7) is 3.90. The van der Waals surface area contributed by atoms with E-state index < -0.39 is 22.1 Å². The fourth-order valence-electron chi connectivity index (χ4n) is 3.70. The molecule has 0 aliphatic carbocycles. The summed E-state index contributed by atoms with van der Waals surface area (Å²) in [4.78, 5) is 27.8. The summed E-state index contributed by atoms with van der Waals surface area (Å²) < 4.78 is 27.5. The number of para-hydroxylation sites is 1. The second kappa shape index (κ2) is 11.5. The maximum Gasteiger partial charge on any atom is 0.329 e. The Hall–Kier alpha value is -3.65. The number of sulfonamides is 1. The van der Waals surface area contributed by atoms with Crippen molar-refractivity contribution >= 4 is 27.6 Å². The van der Waals surface area contributed by atoms with Gasteiger partial charge in [-0.25, -0.2) is 17.9 Å². The lowest BCUT2D eigenvalue weighted by Crippen LogP contribution is -2.52. The highest BCUT2D eigenvalue weighted by Crippen LogP contribution is 2.17. The Balaban J connectivity index is 1.80. The summed E-state index contributed by atoms with van der Waals surface area (Å²) in [6, 6.07) is 23.3. The molecule has 0 fully saturated rings. The fourth-order valence-corrected chi connectivity index (χ4v) is 4.86. The maximum absolute atomic E-state index is 13.5. The van der Waals surface area contributed by atoms with Crippen molar-refractivity contribution < 1.29 is 18.0 Å². The summed E-state index contributed by atoms with van der Waals surface area (Å²) in [6.07, 6.45) is 0.846. The van der Waals surface area contributed by atoms with Crippen LogP contribution in [0.2, 0.25) is 0 Å². The number of anilines is 1. The third kappa shape index (κ3) is 6.45. The number of likely N-dealkylation sites (N-methyl/N-ethyl adjacent to an activating group) is 1. The maximum atomic E-state index is 13.5. The van der Waals surface area contributed by atoms with Crippen molar-refractivity contribution in [3.05, 3.63) is 96.1 Å². The van der Waals surface area contributed by atoms with E-state index >= 15 is 0 Å². The molecule has 178 valence electrons. The van der Waals surface area contributed by atoms with E-state index in [1.165, 1.54) is 6.07 Å². The smallest absolute Gasteiger partial charge is 0.325 e. The number of aryl methyl sites for hydroxylation is 2. The zero-order valence-electron chi connectivity index (χ0n) is 19.3. The average molecular weight is 480 g/mol. The van der Waals surface area contributed by atoms with E-state index in [2.05, 4.69) is 5.32 Å². The highest BCUT2D eigenvalue weighted by molar-refractivity contribution is 7.90. The summed E-state index contributed by atoms with van der Waals surface area (Å²) in [5, 5.41) is 2.60.